The Morgan fingerprint density at radius 2 is 2.17 bits per heavy atom. The van der Waals surface area contributed by atoms with Gasteiger partial charge in [0.15, 0.2) is 0 Å². The van der Waals surface area contributed by atoms with Crippen molar-refractivity contribution >= 4 is 17.3 Å². The van der Waals surface area contributed by atoms with Gasteiger partial charge in [-0.25, -0.2) is 5.43 Å². The number of para-hydroxylation sites is 1. The molecule has 2 aromatic rings. The third-order valence-electron chi connectivity index (χ3n) is 3.97. The van der Waals surface area contributed by atoms with E-state index in [1.165, 1.54) is 5.56 Å². The lowest BCUT2D eigenvalue weighted by Gasteiger charge is -2.30. The Kier molecular flexibility index (Phi) is 4.66. The second-order valence-corrected chi connectivity index (χ2v) is 5.63. The number of nitrogens with zero attached hydrogens (tertiary/aromatic N) is 3. The maximum absolute atomic E-state index is 12.2. The molecule has 5 heteroatoms. The lowest BCUT2D eigenvalue weighted by molar-refractivity contribution is -0.119. The highest BCUT2D eigenvalue weighted by atomic mass is 16.2. The van der Waals surface area contributed by atoms with Crippen molar-refractivity contribution in [1.82, 2.24) is 10.4 Å². The average molecular weight is 308 g/mol. The van der Waals surface area contributed by atoms with Crippen LogP contribution in [0, 0.1) is 0 Å². The molecule has 5 nitrogen and oxygen atoms in total. The molecule has 2 heterocycles. The summed E-state index contributed by atoms with van der Waals surface area (Å²) in [5.74, 6) is -0.107. The van der Waals surface area contributed by atoms with Gasteiger partial charge in [-0.15, -0.1) is 0 Å². The minimum Gasteiger partial charge on any atom is -0.362 e. The van der Waals surface area contributed by atoms with Crippen LogP contribution in [0.2, 0.25) is 0 Å². The van der Waals surface area contributed by atoms with Gasteiger partial charge < -0.3 is 4.90 Å². The number of nitrogens with one attached hydrogen (secondary N) is 1. The van der Waals surface area contributed by atoms with Gasteiger partial charge in [-0.1, -0.05) is 24.3 Å². The van der Waals surface area contributed by atoms with Crippen molar-refractivity contribution in [3.63, 3.8) is 0 Å². The number of hydrogen-bond donors (Lipinski definition) is 1. The van der Waals surface area contributed by atoms with E-state index in [1.807, 2.05) is 31.2 Å². The molecule has 0 saturated heterocycles. The molecule has 1 N–H and O–H groups in total. The summed E-state index contributed by atoms with van der Waals surface area (Å²) in [7, 11) is 0. The van der Waals surface area contributed by atoms with E-state index in [0.717, 1.165) is 36.3 Å². The summed E-state index contributed by atoms with van der Waals surface area (Å²) in [6.45, 7) is 3.07. The molecule has 1 amide bonds. The third-order valence-corrected chi connectivity index (χ3v) is 3.97. The van der Waals surface area contributed by atoms with Crippen molar-refractivity contribution in [2.24, 2.45) is 5.10 Å². The molecule has 1 aliphatic rings. The Labute approximate surface area is 136 Å². The minimum atomic E-state index is -0.107. The second-order valence-electron chi connectivity index (χ2n) is 5.63. The predicted molar refractivity (Wildman–Crippen MR) is 91.6 cm³/mol. The molecule has 0 radical (unpaired) electrons. The molecule has 23 heavy (non-hydrogen) atoms. The highest BCUT2D eigenvalue weighted by Gasteiger charge is 2.18. The average Bonchev–Trinajstić information content (AvgIpc) is 2.61. The minimum absolute atomic E-state index is 0.107. The number of hydrazone groups is 1. The number of amides is 1. The summed E-state index contributed by atoms with van der Waals surface area (Å²) >= 11 is 0. The zero-order valence-electron chi connectivity index (χ0n) is 13.2. The molecule has 0 spiro atoms. The van der Waals surface area contributed by atoms with Crippen LogP contribution in [0.3, 0.4) is 0 Å². The summed E-state index contributed by atoms with van der Waals surface area (Å²) in [5, 5.41) is 4.17. The van der Waals surface area contributed by atoms with E-state index in [1.54, 1.807) is 12.4 Å². The van der Waals surface area contributed by atoms with E-state index in [-0.39, 0.29) is 5.91 Å². The Bertz CT molecular complexity index is 712. The number of carbonyl (C=O) groups excluding carboxylic acids is 1. The van der Waals surface area contributed by atoms with Gasteiger partial charge in [-0.2, -0.15) is 5.10 Å². The van der Waals surface area contributed by atoms with Crippen molar-refractivity contribution < 1.29 is 4.79 Å². The van der Waals surface area contributed by atoms with Crippen molar-refractivity contribution in [3.05, 3.63) is 59.9 Å². The molecule has 0 aliphatic carbocycles. The number of rotatable bonds is 4. The molecule has 0 unspecified atom stereocenters. The number of pyridine rings is 1. The summed E-state index contributed by atoms with van der Waals surface area (Å²) in [6.07, 6.45) is 5.59. The summed E-state index contributed by atoms with van der Waals surface area (Å²) < 4.78 is 0. The Morgan fingerprint density at radius 3 is 3.00 bits per heavy atom. The molecule has 0 atom stereocenters. The van der Waals surface area contributed by atoms with Crippen molar-refractivity contribution in [1.29, 1.82) is 0 Å². The molecule has 1 aromatic carbocycles. The fraction of sp³-hybridized carbons (Fsp3) is 0.278. The van der Waals surface area contributed by atoms with Gasteiger partial charge in [-0.05, 0) is 37.5 Å². The smallest absolute Gasteiger partial charge is 0.259 e. The van der Waals surface area contributed by atoms with Crippen LogP contribution in [0.4, 0.5) is 5.69 Å². The number of hydrogen-bond acceptors (Lipinski definition) is 4. The van der Waals surface area contributed by atoms with Crippen molar-refractivity contribution in [3.8, 4) is 0 Å². The lowest BCUT2D eigenvalue weighted by Crippen LogP contribution is -2.38. The standard InChI is InChI=1S/C18H20N4O/c1-14(16-7-4-10-19-12-16)20-21-18(23)13-22-11-5-8-15-6-2-3-9-17(15)22/h2-4,6-7,9-10,12H,5,8,11,13H2,1H3,(H,21,23)/b20-14+. The number of anilines is 1. The first-order valence-electron chi connectivity index (χ1n) is 7.80. The van der Waals surface area contributed by atoms with Crippen LogP contribution >= 0.6 is 0 Å². The Balaban J connectivity index is 1.62. The third kappa shape index (κ3) is 3.74. The fourth-order valence-corrected chi connectivity index (χ4v) is 2.77. The van der Waals surface area contributed by atoms with Crippen LogP contribution < -0.4 is 10.3 Å². The SMILES string of the molecule is C/C(=N\NC(=O)CN1CCCc2ccccc21)c1cccnc1. The number of aryl methyl sites for hydroxylation is 1. The van der Waals surface area contributed by atoms with Crippen LogP contribution in [0.5, 0.6) is 0 Å². The van der Waals surface area contributed by atoms with Crippen LogP contribution in [-0.4, -0.2) is 29.7 Å². The van der Waals surface area contributed by atoms with E-state index >= 15 is 0 Å². The van der Waals surface area contributed by atoms with Crippen LogP contribution in [0.25, 0.3) is 0 Å². The van der Waals surface area contributed by atoms with E-state index in [0.29, 0.717) is 6.54 Å². The Morgan fingerprint density at radius 1 is 1.30 bits per heavy atom. The quantitative estimate of drug-likeness (QED) is 0.697. The molecule has 1 aromatic heterocycles. The first-order valence-corrected chi connectivity index (χ1v) is 7.80. The van der Waals surface area contributed by atoms with Crippen molar-refractivity contribution in [2.75, 3.05) is 18.0 Å². The number of carbonyl (C=O) groups is 1. The van der Waals surface area contributed by atoms with Crippen LogP contribution in [-0.2, 0) is 11.2 Å². The highest BCUT2D eigenvalue weighted by Crippen LogP contribution is 2.26. The Hall–Kier alpha value is -2.69. The van der Waals surface area contributed by atoms with E-state index in [2.05, 4.69) is 32.5 Å². The second kappa shape index (κ2) is 7.05. The van der Waals surface area contributed by atoms with Gasteiger partial charge in [-0.3, -0.25) is 9.78 Å². The predicted octanol–water partition coefficient (Wildman–Crippen LogP) is 2.37. The van der Waals surface area contributed by atoms with Crippen LogP contribution in [0.15, 0.2) is 53.9 Å². The van der Waals surface area contributed by atoms with E-state index in [9.17, 15) is 4.79 Å². The summed E-state index contributed by atoms with van der Waals surface area (Å²) in [4.78, 5) is 18.3. The highest BCUT2D eigenvalue weighted by molar-refractivity contribution is 5.99. The molecule has 1 aliphatic heterocycles. The van der Waals surface area contributed by atoms with E-state index in [4.69, 9.17) is 0 Å². The van der Waals surface area contributed by atoms with Gasteiger partial charge in [0, 0.05) is 30.2 Å². The zero-order valence-corrected chi connectivity index (χ0v) is 13.2. The molecule has 118 valence electrons. The summed E-state index contributed by atoms with van der Waals surface area (Å²) in [6, 6.07) is 12.0. The normalized spacial score (nSPS) is 14.3. The molecule has 3 rings (SSSR count). The molecular formula is C18H20N4O. The maximum Gasteiger partial charge on any atom is 0.259 e. The number of fused-ring (bicyclic) bond motifs is 1. The number of aromatic nitrogens is 1. The molecular weight excluding hydrogens is 288 g/mol. The van der Waals surface area contributed by atoms with Crippen LogP contribution in [0.1, 0.15) is 24.5 Å². The first kappa shape index (κ1) is 15.2. The lowest BCUT2D eigenvalue weighted by atomic mass is 10.0. The van der Waals surface area contributed by atoms with Crippen molar-refractivity contribution in [2.45, 2.75) is 19.8 Å². The largest absolute Gasteiger partial charge is 0.362 e. The number of benzene rings is 1. The summed E-state index contributed by atoms with van der Waals surface area (Å²) in [5.41, 5.74) is 6.74. The molecule has 0 saturated carbocycles. The topological polar surface area (TPSA) is 57.6 Å². The fourth-order valence-electron chi connectivity index (χ4n) is 2.77. The van der Waals surface area contributed by atoms with Gasteiger partial charge in [0.1, 0.15) is 0 Å². The van der Waals surface area contributed by atoms with Gasteiger partial charge in [0.25, 0.3) is 5.91 Å². The monoisotopic (exact) mass is 308 g/mol. The van der Waals surface area contributed by atoms with Gasteiger partial charge in [0.05, 0.1) is 12.3 Å². The molecule has 0 fully saturated rings. The zero-order chi connectivity index (χ0) is 16.1. The van der Waals surface area contributed by atoms with Gasteiger partial charge >= 0.3 is 0 Å². The maximum atomic E-state index is 12.2. The molecule has 0 bridgehead atoms. The first-order chi connectivity index (χ1) is 11.2. The van der Waals surface area contributed by atoms with E-state index < -0.39 is 0 Å². The van der Waals surface area contributed by atoms with Gasteiger partial charge in [0.2, 0.25) is 0 Å².